The zero-order chi connectivity index (χ0) is 16.0. The van der Waals surface area contributed by atoms with Crippen LogP contribution in [-0.2, 0) is 16.6 Å². The summed E-state index contributed by atoms with van der Waals surface area (Å²) in [4.78, 5) is 2.31. The predicted molar refractivity (Wildman–Crippen MR) is 86.8 cm³/mol. The van der Waals surface area contributed by atoms with Crippen LogP contribution in [0.5, 0.6) is 0 Å². The third kappa shape index (κ3) is 5.74. The maximum absolute atomic E-state index is 12.4. The van der Waals surface area contributed by atoms with Crippen molar-refractivity contribution in [1.29, 1.82) is 0 Å². The topological polar surface area (TPSA) is 52.7 Å². The highest BCUT2D eigenvalue weighted by Gasteiger charge is 2.20. The number of hydrogen-bond acceptors (Lipinski definition) is 4. The summed E-state index contributed by atoms with van der Waals surface area (Å²) in [5.74, 6) is 0. The molecular formula is C15H27N3O2S. The Kier molecular flexibility index (Phi) is 6.80. The van der Waals surface area contributed by atoms with E-state index in [9.17, 15) is 8.42 Å². The average molecular weight is 313 g/mol. The first-order valence-corrected chi connectivity index (χ1v) is 8.61. The van der Waals surface area contributed by atoms with Crippen LogP contribution in [0.15, 0.2) is 29.2 Å². The Bertz CT molecular complexity index is 524. The number of hydrogen-bond donors (Lipinski definition) is 1. The molecule has 1 rings (SSSR count). The first-order valence-electron chi connectivity index (χ1n) is 7.17. The van der Waals surface area contributed by atoms with Crippen molar-refractivity contribution >= 4 is 10.0 Å². The third-order valence-corrected chi connectivity index (χ3v) is 5.08. The summed E-state index contributed by atoms with van der Waals surface area (Å²) in [6.07, 6.45) is 0. The molecule has 0 radical (unpaired) electrons. The maximum Gasteiger partial charge on any atom is 0.242 e. The molecule has 0 spiro atoms. The van der Waals surface area contributed by atoms with E-state index in [1.54, 1.807) is 19.2 Å². The Labute approximate surface area is 129 Å². The molecule has 0 fully saturated rings. The van der Waals surface area contributed by atoms with Crippen LogP contribution >= 0.6 is 0 Å². The van der Waals surface area contributed by atoms with Gasteiger partial charge in [0, 0.05) is 32.7 Å². The van der Waals surface area contributed by atoms with Crippen molar-refractivity contribution in [2.24, 2.45) is 0 Å². The lowest BCUT2D eigenvalue weighted by atomic mass is 10.2. The van der Waals surface area contributed by atoms with E-state index < -0.39 is 10.0 Å². The summed E-state index contributed by atoms with van der Waals surface area (Å²) in [6.45, 7) is 6.09. The van der Waals surface area contributed by atoms with Gasteiger partial charge in [-0.15, -0.1) is 0 Å². The van der Waals surface area contributed by atoms with E-state index in [4.69, 9.17) is 0 Å². The Morgan fingerprint density at radius 2 is 1.62 bits per heavy atom. The molecule has 1 aromatic rings. The van der Waals surface area contributed by atoms with Crippen molar-refractivity contribution in [2.45, 2.75) is 31.3 Å². The van der Waals surface area contributed by atoms with Crippen molar-refractivity contribution in [3.63, 3.8) is 0 Å². The quantitative estimate of drug-likeness (QED) is 0.787. The molecule has 120 valence electrons. The summed E-state index contributed by atoms with van der Waals surface area (Å²) in [5.41, 5.74) is 1.08. The molecule has 0 saturated carbocycles. The minimum Gasteiger partial charge on any atom is -0.310 e. The van der Waals surface area contributed by atoms with Crippen LogP contribution in [0.3, 0.4) is 0 Å². The van der Waals surface area contributed by atoms with Crippen LogP contribution in [-0.4, -0.2) is 57.9 Å². The second-order valence-electron chi connectivity index (χ2n) is 5.81. The molecule has 0 amide bonds. The first kappa shape index (κ1) is 18.1. The van der Waals surface area contributed by atoms with Crippen molar-refractivity contribution in [3.05, 3.63) is 29.8 Å². The van der Waals surface area contributed by atoms with Crippen LogP contribution in [0.4, 0.5) is 0 Å². The van der Waals surface area contributed by atoms with E-state index in [1.165, 1.54) is 4.31 Å². The van der Waals surface area contributed by atoms with E-state index in [1.807, 2.05) is 31.1 Å². The monoisotopic (exact) mass is 313 g/mol. The largest absolute Gasteiger partial charge is 0.310 e. The number of likely N-dealkylation sites (N-methyl/N-ethyl adjacent to an activating group) is 2. The zero-order valence-electron chi connectivity index (χ0n) is 13.6. The van der Waals surface area contributed by atoms with Crippen molar-refractivity contribution in [2.75, 3.05) is 34.2 Å². The Morgan fingerprint density at radius 1 is 1.05 bits per heavy atom. The van der Waals surface area contributed by atoms with Gasteiger partial charge in [-0.25, -0.2) is 8.42 Å². The van der Waals surface area contributed by atoms with Gasteiger partial charge >= 0.3 is 0 Å². The molecule has 1 N–H and O–H groups in total. The minimum absolute atomic E-state index is 0.344. The molecule has 0 aromatic heterocycles. The summed E-state index contributed by atoms with van der Waals surface area (Å²) in [7, 11) is 2.08. The fourth-order valence-corrected chi connectivity index (χ4v) is 2.90. The molecule has 1 aromatic carbocycles. The molecule has 5 nitrogen and oxygen atoms in total. The van der Waals surface area contributed by atoms with Gasteiger partial charge in [0.25, 0.3) is 0 Å². The van der Waals surface area contributed by atoms with E-state index in [0.29, 0.717) is 24.0 Å². The highest BCUT2D eigenvalue weighted by molar-refractivity contribution is 7.89. The van der Waals surface area contributed by atoms with Crippen LogP contribution in [0.2, 0.25) is 0 Å². The van der Waals surface area contributed by atoms with Crippen molar-refractivity contribution in [1.82, 2.24) is 14.5 Å². The van der Waals surface area contributed by atoms with E-state index in [0.717, 1.165) is 12.1 Å². The number of benzene rings is 1. The molecule has 0 aliphatic heterocycles. The van der Waals surface area contributed by atoms with Crippen LogP contribution in [0.1, 0.15) is 19.4 Å². The maximum atomic E-state index is 12.4. The van der Waals surface area contributed by atoms with Crippen LogP contribution in [0, 0.1) is 0 Å². The number of nitrogens with one attached hydrogen (secondary N) is 1. The van der Waals surface area contributed by atoms with Gasteiger partial charge in [-0.2, -0.15) is 4.31 Å². The SMILES string of the molecule is CC(C)NCc1ccc(S(=O)(=O)N(C)CCN(C)C)cc1. The van der Waals surface area contributed by atoms with Gasteiger partial charge in [0.2, 0.25) is 10.0 Å². The third-order valence-electron chi connectivity index (χ3n) is 3.21. The normalized spacial score (nSPS) is 12.6. The van der Waals surface area contributed by atoms with E-state index in [2.05, 4.69) is 19.2 Å². The molecule has 6 heteroatoms. The molecule has 0 bridgehead atoms. The number of sulfonamides is 1. The lowest BCUT2D eigenvalue weighted by Gasteiger charge is -2.19. The molecule has 21 heavy (non-hydrogen) atoms. The smallest absolute Gasteiger partial charge is 0.242 e. The summed E-state index contributed by atoms with van der Waals surface area (Å²) in [5, 5.41) is 3.31. The van der Waals surface area contributed by atoms with Crippen molar-refractivity contribution in [3.8, 4) is 0 Å². The molecule has 0 atom stereocenters. The molecular weight excluding hydrogens is 286 g/mol. The van der Waals surface area contributed by atoms with Gasteiger partial charge in [0.15, 0.2) is 0 Å². The van der Waals surface area contributed by atoms with Gasteiger partial charge in [-0.1, -0.05) is 26.0 Å². The van der Waals surface area contributed by atoms with Gasteiger partial charge in [-0.05, 0) is 31.8 Å². The summed E-state index contributed by atoms with van der Waals surface area (Å²) >= 11 is 0. The fraction of sp³-hybridized carbons (Fsp3) is 0.600. The van der Waals surface area contributed by atoms with Gasteiger partial charge in [0.05, 0.1) is 4.90 Å². The molecule has 0 aliphatic rings. The highest BCUT2D eigenvalue weighted by Crippen LogP contribution is 2.15. The second kappa shape index (κ2) is 7.89. The van der Waals surface area contributed by atoms with Crippen LogP contribution in [0.25, 0.3) is 0 Å². The lowest BCUT2D eigenvalue weighted by molar-refractivity contribution is 0.358. The van der Waals surface area contributed by atoms with Gasteiger partial charge in [-0.3, -0.25) is 0 Å². The van der Waals surface area contributed by atoms with E-state index >= 15 is 0 Å². The summed E-state index contributed by atoms with van der Waals surface area (Å²) < 4.78 is 26.2. The van der Waals surface area contributed by atoms with Gasteiger partial charge in [0.1, 0.15) is 0 Å². The average Bonchev–Trinajstić information content (AvgIpc) is 2.42. The highest BCUT2D eigenvalue weighted by atomic mass is 32.2. The summed E-state index contributed by atoms with van der Waals surface area (Å²) in [6, 6.07) is 7.49. The molecule has 0 heterocycles. The Morgan fingerprint density at radius 3 is 2.10 bits per heavy atom. The second-order valence-corrected chi connectivity index (χ2v) is 7.85. The Hall–Kier alpha value is -0.950. The number of nitrogens with zero attached hydrogens (tertiary/aromatic N) is 2. The van der Waals surface area contributed by atoms with E-state index in [-0.39, 0.29) is 0 Å². The molecule has 0 unspecified atom stereocenters. The zero-order valence-corrected chi connectivity index (χ0v) is 14.4. The van der Waals surface area contributed by atoms with Crippen LogP contribution < -0.4 is 5.32 Å². The minimum atomic E-state index is -3.40. The lowest BCUT2D eigenvalue weighted by Crippen LogP contribution is -2.33. The predicted octanol–water partition coefficient (Wildman–Crippen LogP) is 1.37. The first-order chi connectivity index (χ1) is 9.73. The standard InChI is InChI=1S/C15H27N3O2S/c1-13(2)16-12-14-6-8-15(9-7-14)21(19,20)18(5)11-10-17(3)4/h6-9,13,16H,10-12H2,1-5H3. The number of rotatable bonds is 8. The fourth-order valence-electron chi connectivity index (χ4n) is 1.74. The van der Waals surface area contributed by atoms with Crippen molar-refractivity contribution < 1.29 is 8.42 Å². The van der Waals surface area contributed by atoms with Gasteiger partial charge < -0.3 is 10.2 Å². The molecule has 0 aliphatic carbocycles. The molecule has 0 saturated heterocycles. The Balaban J connectivity index is 2.75.